The number of rotatable bonds is 4. The summed E-state index contributed by atoms with van der Waals surface area (Å²) in [5.41, 5.74) is 2.96. The average molecular weight is 369 g/mol. The first-order valence-corrected chi connectivity index (χ1v) is 7.91. The Balaban J connectivity index is 2.17. The standard InChI is InChI=1S/C18H19N5O4/c1-19-16(24)15(17(25)21-27)23(3)18(26)13-7-4-12(5-8-13)6-9-14-10-11-22(2)20-14/h4-5,7-8,10-11,15,27H,1-3H3,(H,19,24)(H,21,25). The fourth-order valence-corrected chi connectivity index (χ4v) is 2.30. The van der Waals surface area contributed by atoms with Crippen LogP contribution < -0.4 is 10.8 Å². The second kappa shape index (κ2) is 8.64. The van der Waals surface area contributed by atoms with Crippen molar-refractivity contribution in [1.82, 2.24) is 25.5 Å². The van der Waals surface area contributed by atoms with E-state index in [0.29, 0.717) is 11.3 Å². The second-order valence-electron chi connectivity index (χ2n) is 5.61. The number of carbonyl (C=O) groups is 3. The summed E-state index contributed by atoms with van der Waals surface area (Å²) in [4.78, 5) is 37.1. The number of hydroxylamine groups is 1. The van der Waals surface area contributed by atoms with E-state index in [4.69, 9.17) is 5.21 Å². The number of likely N-dealkylation sites (N-methyl/N-ethyl adjacent to an activating group) is 2. The summed E-state index contributed by atoms with van der Waals surface area (Å²) >= 11 is 0. The number of benzene rings is 1. The lowest BCUT2D eigenvalue weighted by molar-refractivity contribution is -0.140. The molecule has 1 heterocycles. The third kappa shape index (κ3) is 4.71. The predicted octanol–water partition coefficient (Wildman–Crippen LogP) is -0.488. The molecule has 0 aliphatic carbocycles. The maximum absolute atomic E-state index is 12.6. The van der Waals surface area contributed by atoms with Gasteiger partial charge in [-0.25, -0.2) is 5.48 Å². The Kier molecular flexibility index (Phi) is 6.30. The van der Waals surface area contributed by atoms with Gasteiger partial charge in [-0.3, -0.25) is 24.3 Å². The van der Waals surface area contributed by atoms with Crippen molar-refractivity contribution in [2.45, 2.75) is 6.04 Å². The fourth-order valence-electron chi connectivity index (χ4n) is 2.30. The minimum absolute atomic E-state index is 0.264. The van der Waals surface area contributed by atoms with E-state index in [2.05, 4.69) is 22.3 Å². The minimum Gasteiger partial charge on any atom is -0.357 e. The van der Waals surface area contributed by atoms with Gasteiger partial charge in [-0.15, -0.1) is 0 Å². The van der Waals surface area contributed by atoms with Crippen LogP contribution >= 0.6 is 0 Å². The molecular weight excluding hydrogens is 350 g/mol. The predicted molar refractivity (Wildman–Crippen MR) is 95.5 cm³/mol. The maximum Gasteiger partial charge on any atom is 0.275 e. The van der Waals surface area contributed by atoms with Crippen LogP contribution in [0, 0.1) is 11.8 Å². The van der Waals surface area contributed by atoms with Crippen LogP contribution in [-0.2, 0) is 16.6 Å². The minimum atomic E-state index is -1.50. The third-order valence-corrected chi connectivity index (χ3v) is 3.74. The van der Waals surface area contributed by atoms with Gasteiger partial charge in [0, 0.05) is 38.5 Å². The third-order valence-electron chi connectivity index (χ3n) is 3.74. The normalized spacial score (nSPS) is 11.0. The first kappa shape index (κ1) is 19.7. The highest BCUT2D eigenvalue weighted by Gasteiger charge is 2.33. The quantitative estimate of drug-likeness (QED) is 0.291. The SMILES string of the molecule is CNC(=O)C(C(=O)NO)N(C)C(=O)c1ccc(C#Cc2ccn(C)n2)cc1. The molecule has 2 rings (SSSR count). The van der Waals surface area contributed by atoms with Crippen LogP contribution in [0.15, 0.2) is 36.5 Å². The van der Waals surface area contributed by atoms with Crippen molar-refractivity contribution in [1.29, 1.82) is 0 Å². The summed E-state index contributed by atoms with van der Waals surface area (Å²) < 4.78 is 1.65. The van der Waals surface area contributed by atoms with Crippen LogP contribution in [0.5, 0.6) is 0 Å². The van der Waals surface area contributed by atoms with Crippen LogP contribution in [0.25, 0.3) is 0 Å². The van der Waals surface area contributed by atoms with Gasteiger partial charge in [0.25, 0.3) is 17.7 Å². The van der Waals surface area contributed by atoms with Gasteiger partial charge in [0.2, 0.25) is 0 Å². The molecule has 0 bridgehead atoms. The number of amides is 3. The Hall–Kier alpha value is -3.64. The Morgan fingerprint density at radius 1 is 1.15 bits per heavy atom. The molecule has 9 heteroatoms. The molecule has 0 fully saturated rings. The molecule has 1 unspecified atom stereocenters. The molecular formula is C18H19N5O4. The van der Waals surface area contributed by atoms with E-state index < -0.39 is 23.8 Å². The van der Waals surface area contributed by atoms with Gasteiger partial charge in [0.15, 0.2) is 6.04 Å². The molecule has 0 radical (unpaired) electrons. The van der Waals surface area contributed by atoms with E-state index in [1.54, 1.807) is 48.3 Å². The summed E-state index contributed by atoms with van der Waals surface area (Å²) in [5, 5.41) is 15.2. The summed E-state index contributed by atoms with van der Waals surface area (Å²) in [5.74, 6) is 3.54. The Morgan fingerprint density at radius 3 is 2.33 bits per heavy atom. The summed E-state index contributed by atoms with van der Waals surface area (Å²) in [6.45, 7) is 0. The number of nitrogens with one attached hydrogen (secondary N) is 2. The zero-order valence-electron chi connectivity index (χ0n) is 15.1. The lowest BCUT2D eigenvalue weighted by Gasteiger charge is -2.25. The lowest BCUT2D eigenvalue weighted by Crippen LogP contribution is -2.54. The van der Waals surface area contributed by atoms with E-state index in [9.17, 15) is 14.4 Å². The van der Waals surface area contributed by atoms with Crippen LogP contribution in [0.4, 0.5) is 0 Å². The molecule has 0 saturated carbocycles. The van der Waals surface area contributed by atoms with Crippen LogP contribution in [0.1, 0.15) is 21.6 Å². The molecule has 27 heavy (non-hydrogen) atoms. The van der Waals surface area contributed by atoms with Crippen molar-refractivity contribution >= 4 is 17.7 Å². The molecule has 0 aliphatic heterocycles. The molecule has 1 aromatic heterocycles. The number of hydrogen-bond acceptors (Lipinski definition) is 5. The Labute approximate surface area is 155 Å². The van der Waals surface area contributed by atoms with Gasteiger partial charge < -0.3 is 10.2 Å². The van der Waals surface area contributed by atoms with Gasteiger partial charge in [0.05, 0.1) is 0 Å². The van der Waals surface area contributed by atoms with Crippen molar-refractivity contribution in [2.75, 3.05) is 14.1 Å². The zero-order valence-corrected chi connectivity index (χ0v) is 15.1. The zero-order chi connectivity index (χ0) is 20.0. The number of nitrogens with zero attached hydrogens (tertiary/aromatic N) is 3. The topological polar surface area (TPSA) is 117 Å². The average Bonchev–Trinajstić information content (AvgIpc) is 3.11. The smallest absolute Gasteiger partial charge is 0.275 e. The molecule has 0 spiro atoms. The molecule has 3 N–H and O–H groups in total. The molecule has 1 atom stereocenters. The summed E-state index contributed by atoms with van der Waals surface area (Å²) in [6.07, 6.45) is 1.78. The molecule has 1 aromatic carbocycles. The number of carbonyl (C=O) groups excluding carboxylic acids is 3. The molecule has 0 aliphatic rings. The van der Waals surface area contributed by atoms with Crippen LogP contribution in [-0.4, -0.2) is 57.7 Å². The first-order valence-electron chi connectivity index (χ1n) is 7.91. The van der Waals surface area contributed by atoms with Crippen molar-refractivity contribution < 1.29 is 19.6 Å². The van der Waals surface area contributed by atoms with E-state index in [-0.39, 0.29) is 5.56 Å². The number of aryl methyl sites for hydroxylation is 1. The highest BCUT2D eigenvalue weighted by atomic mass is 16.5. The van der Waals surface area contributed by atoms with E-state index in [1.165, 1.54) is 19.6 Å². The van der Waals surface area contributed by atoms with Crippen LogP contribution in [0.2, 0.25) is 0 Å². The summed E-state index contributed by atoms with van der Waals surface area (Å²) in [7, 11) is 4.42. The highest BCUT2D eigenvalue weighted by molar-refractivity contribution is 6.08. The van der Waals surface area contributed by atoms with Crippen molar-refractivity contribution in [3.63, 3.8) is 0 Å². The molecule has 3 amide bonds. The maximum atomic E-state index is 12.6. The number of aromatic nitrogens is 2. The van der Waals surface area contributed by atoms with Gasteiger partial charge in [-0.1, -0.05) is 5.92 Å². The largest absolute Gasteiger partial charge is 0.357 e. The van der Waals surface area contributed by atoms with Crippen LogP contribution in [0.3, 0.4) is 0 Å². The monoisotopic (exact) mass is 369 g/mol. The van der Waals surface area contributed by atoms with Gasteiger partial charge in [-0.05, 0) is 36.3 Å². The fraction of sp³-hybridized carbons (Fsp3) is 0.222. The second-order valence-corrected chi connectivity index (χ2v) is 5.61. The Bertz CT molecular complexity index is 892. The summed E-state index contributed by atoms with van der Waals surface area (Å²) in [6, 6.07) is 6.66. The molecule has 140 valence electrons. The molecule has 2 aromatic rings. The van der Waals surface area contributed by atoms with E-state index in [0.717, 1.165) is 4.90 Å². The molecule has 9 nitrogen and oxygen atoms in total. The van der Waals surface area contributed by atoms with E-state index >= 15 is 0 Å². The van der Waals surface area contributed by atoms with Crippen molar-refractivity contribution in [3.05, 3.63) is 53.3 Å². The van der Waals surface area contributed by atoms with Crippen molar-refractivity contribution in [2.24, 2.45) is 7.05 Å². The Morgan fingerprint density at radius 2 is 1.81 bits per heavy atom. The van der Waals surface area contributed by atoms with E-state index in [1.807, 2.05) is 0 Å². The number of hydrogen-bond donors (Lipinski definition) is 3. The first-order chi connectivity index (χ1) is 12.9. The molecule has 0 saturated heterocycles. The van der Waals surface area contributed by atoms with Gasteiger partial charge >= 0.3 is 0 Å². The highest BCUT2D eigenvalue weighted by Crippen LogP contribution is 2.09. The van der Waals surface area contributed by atoms with Gasteiger partial charge in [-0.2, -0.15) is 5.10 Å². The lowest BCUT2D eigenvalue weighted by atomic mass is 10.1. The van der Waals surface area contributed by atoms with Crippen molar-refractivity contribution in [3.8, 4) is 11.8 Å². The van der Waals surface area contributed by atoms with Gasteiger partial charge in [0.1, 0.15) is 5.69 Å².